The van der Waals surface area contributed by atoms with Crippen LogP contribution >= 0.6 is 0 Å². The Hall–Kier alpha value is -3.34. The van der Waals surface area contributed by atoms with Gasteiger partial charge >= 0.3 is 0 Å². The van der Waals surface area contributed by atoms with Gasteiger partial charge in [-0.25, -0.2) is 0 Å². The summed E-state index contributed by atoms with van der Waals surface area (Å²) in [7, 11) is 0. The van der Waals surface area contributed by atoms with Crippen LogP contribution in [0.5, 0.6) is 0 Å². The summed E-state index contributed by atoms with van der Waals surface area (Å²) in [5.74, 6) is 0.119. The van der Waals surface area contributed by atoms with Gasteiger partial charge in [-0.3, -0.25) is 9.59 Å². The quantitative estimate of drug-likeness (QED) is 0.661. The predicted octanol–water partition coefficient (Wildman–Crippen LogP) is 4.81. The van der Waals surface area contributed by atoms with E-state index >= 15 is 0 Å². The van der Waals surface area contributed by atoms with Crippen molar-refractivity contribution in [2.45, 2.75) is 32.4 Å². The van der Waals surface area contributed by atoms with Gasteiger partial charge in [0.25, 0.3) is 5.91 Å². The van der Waals surface area contributed by atoms with E-state index in [0.717, 1.165) is 16.9 Å². The van der Waals surface area contributed by atoms with Gasteiger partial charge in [0, 0.05) is 24.3 Å². The minimum absolute atomic E-state index is 0.0241. The van der Waals surface area contributed by atoms with E-state index in [0.29, 0.717) is 12.2 Å². The topological polar surface area (TPSA) is 53.8 Å². The van der Waals surface area contributed by atoms with E-state index in [1.165, 1.54) is 6.26 Å². The van der Waals surface area contributed by atoms with E-state index in [-0.39, 0.29) is 23.9 Å². The lowest BCUT2D eigenvalue weighted by atomic mass is 9.89. The highest BCUT2D eigenvalue weighted by Crippen LogP contribution is 2.42. The number of para-hydroxylation sites is 2. The van der Waals surface area contributed by atoms with Gasteiger partial charge in [-0.05, 0) is 49.2 Å². The number of carbonyl (C=O) groups excluding carboxylic acids is 2. The second-order valence-electron chi connectivity index (χ2n) is 7.04. The Balaban J connectivity index is 1.79. The van der Waals surface area contributed by atoms with E-state index in [2.05, 4.69) is 0 Å². The lowest BCUT2D eigenvalue weighted by molar-refractivity contribution is -0.117. The first-order valence-corrected chi connectivity index (χ1v) is 9.38. The zero-order valence-corrected chi connectivity index (χ0v) is 15.9. The molecule has 0 aliphatic carbocycles. The minimum atomic E-state index is -0.169. The summed E-state index contributed by atoms with van der Waals surface area (Å²) in [6, 6.07) is 20.6. The van der Waals surface area contributed by atoms with Crippen LogP contribution in [0.4, 0.5) is 11.4 Å². The van der Waals surface area contributed by atoms with Gasteiger partial charge in [-0.2, -0.15) is 0 Å². The standard InChI is InChI=1S/C23H22N2O3/c1-16-15-21(25(17(2)26)18-9-4-3-5-10-18)19-11-6-7-12-20(19)24(16)23(27)22-13-8-14-28-22/h3-14,16,21H,15H2,1-2H3/t16-,21-/m1/s1. The first-order valence-electron chi connectivity index (χ1n) is 9.38. The molecule has 2 atom stereocenters. The Kier molecular flexibility index (Phi) is 4.74. The second-order valence-corrected chi connectivity index (χ2v) is 7.04. The highest BCUT2D eigenvalue weighted by molar-refractivity contribution is 6.06. The molecule has 0 unspecified atom stereocenters. The maximum Gasteiger partial charge on any atom is 0.294 e. The van der Waals surface area contributed by atoms with Crippen LogP contribution in [0, 0.1) is 0 Å². The highest BCUT2D eigenvalue weighted by Gasteiger charge is 2.38. The number of hydrogen-bond acceptors (Lipinski definition) is 3. The van der Waals surface area contributed by atoms with Gasteiger partial charge in [0.2, 0.25) is 5.91 Å². The number of furan rings is 1. The lowest BCUT2D eigenvalue weighted by Gasteiger charge is -2.43. The number of amides is 2. The average Bonchev–Trinajstić information content (AvgIpc) is 3.23. The molecule has 3 aromatic rings. The van der Waals surface area contributed by atoms with Crippen LogP contribution in [0.15, 0.2) is 77.4 Å². The number of carbonyl (C=O) groups is 2. The molecule has 0 N–H and O–H groups in total. The van der Waals surface area contributed by atoms with Crippen LogP contribution in [0.25, 0.3) is 0 Å². The summed E-state index contributed by atoms with van der Waals surface area (Å²) in [5, 5.41) is 0. The maximum absolute atomic E-state index is 13.1. The molecule has 2 aromatic carbocycles. The van der Waals surface area contributed by atoms with Crippen molar-refractivity contribution in [1.29, 1.82) is 0 Å². The monoisotopic (exact) mass is 374 g/mol. The molecular weight excluding hydrogens is 352 g/mol. The summed E-state index contributed by atoms with van der Waals surface area (Å²) in [6.07, 6.45) is 2.14. The molecule has 0 fully saturated rings. The Labute approximate surface area is 164 Å². The Morgan fingerprint density at radius 1 is 1.00 bits per heavy atom. The number of hydrogen-bond donors (Lipinski definition) is 0. The fraction of sp³-hybridized carbons (Fsp3) is 0.217. The smallest absolute Gasteiger partial charge is 0.294 e. The highest BCUT2D eigenvalue weighted by atomic mass is 16.3. The third kappa shape index (κ3) is 3.09. The first-order chi connectivity index (χ1) is 13.6. The van der Waals surface area contributed by atoms with E-state index in [4.69, 9.17) is 4.42 Å². The van der Waals surface area contributed by atoms with Crippen LogP contribution in [0.1, 0.15) is 42.4 Å². The summed E-state index contributed by atoms with van der Waals surface area (Å²) >= 11 is 0. The van der Waals surface area contributed by atoms with Crippen molar-refractivity contribution in [3.05, 3.63) is 84.3 Å². The van der Waals surface area contributed by atoms with Crippen LogP contribution in [-0.2, 0) is 4.79 Å². The number of rotatable bonds is 3. The van der Waals surface area contributed by atoms with Crippen molar-refractivity contribution < 1.29 is 14.0 Å². The fourth-order valence-corrected chi connectivity index (χ4v) is 4.02. The van der Waals surface area contributed by atoms with Gasteiger partial charge in [-0.15, -0.1) is 0 Å². The molecule has 0 saturated heterocycles. The van der Waals surface area contributed by atoms with Gasteiger partial charge in [-0.1, -0.05) is 36.4 Å². The molecule has 2 heterocycles. The van der Waals surface area contributed by atoms with E-state index in [1.54, 1.807) is 24.0 Å². The van der Waals surface area contributed by atoms with Crippen molar-refractivity contribution in [3.63, 3.8) is 0 Å². The predicted molar refractivity (Wildman–Crippen MR) is 108 cm³/mol. The molecule has 1 aliphatic rings. The van der Waals surface area contributed by atoms with Crippen molar-refractivity contribution in [1.82, 2.24) is 0 Å². The molecule has 0 saturated carbocycles. The van der Waals surface area contributed by atoms with E-state index in [1.807, 2.05) is 66.4 Å². The SMILES string of the molecule is CC(=O)N(c1ccccc1)[C@@H]1C[C@@H](C)N(C(=O)c2ccco2)c2ccccc21. The molecule has 142 valence electrons. The molecule has 1 aliphatic heterocycles. The van der Waals surface area contributed by atoms with Crippen LogP contribution in [0.2, 0.25) is 0 Å². The van der Waals surface area contributed by atoms with Crippen LogP contribution in [-0.4, -0.2) is 17.9 Å². The van der Waals surface area contributed by atoms with Gasteiger partial charge in [0.15, 0.2) is 5.76 Å². The number of benzene rings is 2. The van der Waals surface area contributed by atoms with Crippen LogP contribution < -0.4 is 9.80 Å². The van der Waals surface area contributed by atoms with Gasteiger partial charge in [0.1, 0.15) is 0 Å². The summed E-state index contributed by atoms with van der Waals surface area (Å²) in [4.78, 5) is 29.3. The molecular formula is C23H22N2O3. The van der Waals surface area contributed by atoms with Gasteiger partial charge in [0.05, 0.1) is 12.3 Å². The minimum Gasteiger partial charge on any atom is -0.459 e. The summed E-state index contributed by atoms with van der Waals surface area (Å²) < 4.78 is 5.34. The summed E-state index contributed by atoms with van der Waals surface area (Å²) in [6.45, 7) is 3.59. The average molecular weight is 374 g/mol. The van der Waals surface area contributed by atoms with Crippen molar-refractivity contribution in [2.75, 3.05) is 9.80 Å². The molecule has 28 heavy (non-hydrogen) atoms. The maximum atomic E-state index is 13.1. The molecule has 0 spiro atoms. The molecule has 2 amide bonds. The summed E-state index contributed by atoms with van der Waals surface area (Å²) in [5.41, 5.74) is 2.63. The Bertz CT molecular complexity index is 982. The molecule has 5 heteroatoms. The Morgan fingerprint density at radius 2 is 1.71 bits per heavy atom. The lowest BCUT2D eigenvalue weighted by Crippen LogP contribution is -2.47. The number of anilines is 2. The Morgan fingerprint density at radius 3 is 2.39 bits per heavy atom. The molecule has 5 nitrogen and oxygen atoms in total. The second kappa shape index (κ2) is 7.35. The van der Waals surface area contributed by atoms with E-state index in [9.17, 15) is 9.59 Å². The molecule has 1 aromatic heterocycles. The van der Waals surface area contributed by atoms with Crippen molar-refractivity contribution in [3.8, 4) is 0 Å². The molecule has 0 bridgehead atoms. The van der Waals surface area contributed by atoms with Crippen molar-refractivity contribution in [2.24, 2.45) is 0 Å². The number of nitrogens with zero attached hydrogens (tertiary/aromatic N) is 2. The zero-order chi connectivity index (χ0) is 19.7. The normalized spacial score (nSPS) is 18.4. The third-order valence-electron chi connectivity index (χ3n) is 5.20. The third-order valence-corrected chi connectivity index (χ3v) is 5.20. The molecule has 4 rings (SSSR count). The van der Waals surface area contributed by atoms with E-state index < -0.39 is 0 Å². The van der Waals surface area contributed by atoms with Crippen LogP contribution in [0.3, 0.4) is 0 Å². The molecule has 0 radical (unpaired) electrons. The number of fused-ring (bicyclic) bond motifs is 1. The fourth-order valence-electron chi connectivity index (χ4n) is 4.02. The zero-order valence-electron chi connectivity index (χ0n) is 15.9. The first kappa shape index (κ1) is 18.0. The van der Waals surface area contributed by atoms with Gasteiger partial charge < -0.3 is 14.2 Å². The largest absolute Gasteiger partial charge is 0.459 e. The van der Waals surface area contributed by atoms with Crippen molar-refractivity contribution >= 4 is 23.2 Å².